The monoisotopic (exact) mass is 298 g/mol. The highest BCUT2D eigenvalue weighted by Crippen LogP contribution is 2.24. The van der Waals surface area contributed by atoms with E-state index in [9.17, 15) is 8.78 Å². The van der Waals surface area contributed by atoms with Crippen LogP contribution < -0.4 is 10.1 Å². The van der Waals surface area contributed by atoms with E-state index in [-0.39, 0.29) is 12.4 Å². The molecule has 0 fully saturated rings. The van der Waals surface area contributed by atoms with Gasteiger partial charge in [0.2, 0.25) is 0 Å². The van der Waals surface area contributed by atoms with E-state index in [1.165, 1.54) is 23.5 Å². The summed E-state index contributed by atoms with van der Waals surface area (Å²) >= 11 is 1.41. The van der Waals surface area contributed by atoms with Crippen molar-refractivity contribution in [2.45, 2.75) is 26.5 Å². The fourth-order valence-corrected chi connectivity index (χ4v) is 2.26. The molecule has 108 valence electrons. The van der Waals surface area contributed by atoms with Gasteiger partial charge in [-0.1, -0.05) is 6.92 Å². The highest BCUT2D eigenvalue weighted by molar-refractivity contribution is 7.07. The Balaban J connectivity index is 2.02. The number of hydrogen-bond donors (Lipinski definition) is 1. The van der Waals surface area contributed by atoms with Crippen LogP contribution in [-0.2, 0) is 13.2 Å². The molecule has 0 atom stereocenters. The molecule has 0 radical (unpaired) electrons. The second kappa shape index (κ2) is 7.31. The standard InChI is InChI=1S/C14H16F2N2OS/c1-2-3-17-6-10-4-12(15)14(13(16)5-10)19-7-11-8-20-9-18-11/h4-5,8-9,17H,2-3,6-7H2,1H3. The Morgan fingerprint density at radius 1 is 1.30 bits per heavy atom. The molecule has 1 aromatic carbocycles. The maximum absolute atomic E-state index is 13.8. The summed E-state index contributed by atoms with van der Waals surface area (Å²) in [4.78, 5) is 4.00. The fraction of sp³-hybridized carbons (Fsp3) is 0.357. The van der Waals surface area contributed by atoms with Crippen molar-refractivity contribution in [1.82, 2.24) is 10.3 Å². The van der Waals surface area contributed by atoms with Crippen LogP contribution in [0.15, 0.2) is 23.0 Å². The van der Waals surface area contributed by atoms with Gasteiger partial charge >= 0.3 is 0 Å². The first-order valence-corrected chi connectivity index (χ1v) is 7.33. The number of halogens is 2. The molecule has 1 heterocycles. The molecule has 20 heavy (non-hydrogen) atoms. The minimum atomic E-state index is -0.687. The van der Waals surface area contributed by atoms with Crippen LogP contribution in [-0.4, -0.2) is 11.5 Å². The summed E-state index contributed by atoms with van der Waals surface area (Å²) in [5.41, 5.74) is 2.87. The Morgan fingerprint density at radius 2 is 2.05 bits per heavy atom. The van der Waals surface area contributed by atoms with Gasteiger partial charge in [-0.2, -0.15) is 0 Å². The van der Waals surface area contributed by atoms with Gasteiger partial charge in [-0.25, -0.2) is 13.8 Å². The molecule has 0 aliphatic carbocycles. The first kappa shape index (κ1) is 14.9. The van der Waals surface area contributed by atoms with Crippen LogP contribution in [0.3, 0.4) is 0 Å². The lowest BCUT2D eigenvalue weighted by molar-refractivity contribution is 0.270. The van der Waals surface area contributed by atoms with Crippen LogP contribution in [0, 0.1) is 11.6 Å². The van der Waals surface area contributed by atoms with Crippen molar-refractivity contribution in [3.63, 3.8) is 0 Å². The van der Waals surface area contributed by atoms with E-state index < -0.39 is 11.6 Å². The first-order valence-electron chi connectivity index (χ1n) is 6.39. The summed E-state index contributed by atoms with van der Waals surface area (Å²) in [5.74, 6) is -1.72. The van der Waals surface area contributed by atoms with Gasteiger partial charge in [0.05, 0.1) is 11.2 Å². The number of aromatic nitrogens is 1. The SMILES string of the molecule is CCCNCc1cc(F)c(OCc2cscn2)c(F)c1. The van der Waals surface area contributed by atoms with Crippen molar-refractivity contribution in [2.75, 3.05) is 6.54 Å². The molecule has 3 nitrogen and oxygen atoms in total. The van der Waals surface area contributed by atoms with Crippen molar-refractivity contribution in [2.24, 2.45) is 0 Å². The summed E-state index contributed by atoms with van der Waals surface area (Å²) in [6.07, 6.45) is 0.972. The number of ether oxygens (including phenoxy) is 1. The van der Waals surface area contributed by atoms with Crippen LogP contribution in [0.1, 0.15) is 24.6 Å². The van der Waals surface area contributed by atoms with Crippen molar-refractivity contribution in [1.29, 1.82) is 0 Å². The van der Waals surface area contributed by atoms with E-state index in [0.29, 0.717) is 17.8 Å². The molecule has 0 spiro atoms. The Hall–Kier alpha value is -1.53. The fourth-order valence-electron chi connectivity index (χ4n) is 1.72. The lowest BCUT2D eigenvalue weighted by atomic mass is 10.2. The zero-order valence-electron chi connectivity index (χ0n) is 11.2. The Morgan fingerprint density at radius 3 is 2.65 bits per heavy atom. The molecule has 1 N–H and O–H groups in total. The smallest absolute Gasteiger partial charge is 0.191 e. The highest BCUT2D eigenvalue weighted by atomic mass is 32.1. The third kappa shape index (κ3) is 3.98. The Bertz CT molecular complexity index is 523. The highest BCUT2D eigenvalue weighted by Gasteiger charge is 2.13. The van der Waals surface area contributed by atoms with E-state index in [4.69, 9.17) is 4.74 Å². The summed E-state index contributed by atoms with van der Waals surface area (Å²) < 4.78 is 32.8. The van der Waals surface area contributed by atoms with Gasteiger partial charge in [0.25, 0.3) is 0 Å². The van der Waals surface area contributed by atoms with Crippen molar-refractivity contribution < 1.29 is 13.5 Å². The lowest BCUT2D eigenvalue weighted by Crippen LogP contribution is -2.14. The van der Waals surface area contributed by atoms with Gasteiger partial charge in [-0.15, -0.1) is 11.3 Å². The van der Waals surface area contributed by atoms with Gasteiger partial charge in [-0.05, 0) is 30.7 Å². The quantitative estimate of drug-likeness (QED) is 0.794. The number of nitrogens with zero attached hydrogens (tertiary/aromatic N) is 1. The predicted molar refractivity (Wildman–Crippen MR) is 74.8 cm³/mol. The summed E-state index contributed by atoms with van der Waals surface area (Å²) in [5, 5.41) is 4.87. The number of nitrogens with one attached hydrogen (secondary N) is 1. The van der Waals surface area contributed by atoms with E-state index in [1.54, 1.807) is 10.9 Å². The maximum Gasteiger partial charge on any atom is 0.191 e. The third-order valence-corrected chi connectivity index (χ3v) is 3.30. The second-order valence-electron chi connectivity index (χ2n) is 4.33. The molecule has 2 rings (SSSR count). The number of rotatable bonds is 7. The predicted octanol–water partition coefficient (Wildman–Crippen LogP) is 3.50. The average Bonchev–Trinajstić information content (AvgIpc) is 2.91. The number of hydrogen-bond acceptors (Lipinski definition) is 4. The van der Waals surface area contributed by atoms with Crippen LogP contribution in [0.5, 0.6) is 5.75 Å². The summed E-state index contributed by atoms with van der Waals surface area (Å²) in [6, 6.07) is 2.59. The number of benzene rings is 1. The Labute approximate surface area is 120 Å². The van der Waals surface area contributed by atoms with E-state index in [1.807, 2.05) is 6.92 Å². The summed E-state index contributed by atoms with van der Waals surface area (Å²) in [7, 11) is 0. The largest absolute Gasteiger partial charge is 0.481 e. The normalized spacial score (nSPS) is 10.8. The zero-order chi connectivity index (χ0) is 14.4. The van der Waals surface area contributed by atoms with Crippen molar-refractivity contribution >= 4 is 11.3 Å². The van der Waals surface area contributed by atoms with Crippen LogP contribution in [0.25, 0.3) is 0 Å². The van der Waals surface area contributed by atoms with E-state index in [0.717, 1.165) is 13.0 Å². The van der Waals surface area contributed by atoms with Crippen LogP contribution >= 0.6 is 11.3 Å². The molecule has 0 bridgehead atoms. The van der Waals surface area contributed by atoms with Gasteiger partial charge < -0.3 is 10.1 Å². The van der Waals surface area contributed by atoms with E-state index in [2.05, 4.69) is 10.3 Å². The first-order chi connectivity index (χ1) is 9.70. The molecular weight excluding hydrogens is 282 g/mol. The van der Waals surface area contributed by atoms with Gasteiger partial charge in [0.1, 0.15) is 6.61 Å². The summed E-state index contributed by atoms with van der Waals surface area (Å²) in [6.45, 7) is 3.34. The minimum absolute atomic E-state index is 0.0603. The topological polar surface area (TPSA) is 34.1 Å². The van der Waals surface area contributed by atoms with Crippen molar-refractivity contribution in [3.8, 4) is 5.75 Å². The molecule has 0 amide bonds. The van der Waals surface area contributed by atoms with E-state index >= 15 is 0 Å². The molecule has 6 heteroatoms. The molecule has 1 aromatic heterocycles. The molecular formula is C14H16F2N2OS. The second-order valence-corrected chi connectivity index (χ2v) is 5.05. The molecule has 0 saturated carbocycles. The average molecular weight is 298 g/mol. The van der Waals surface area contributed by atoms with Gasteiger partial charge in [-0.3, -0.25) is 0 Å². The Kier molecular flexibility index (Phi) is 5.43. The molecule has 2 aromatic rings. The zero-order valence-corrected chi connectivity index (χ0v) is 12.0. The van der Waals surface area contributed by atoms with Crippen molar-refractivity contribution in [3.05, 3.63) is 45.9 Å². The molecule has 0 saturated heterocycles. The maximum atomic E-state index is 13.8. The minimum Gasteiger partial charge on any atom is -0.481 e. The lowest BCUT2D eigenvalue weighted by Gasteiger charge is -2.10. The third-order valence-electron chi connectivity index (χ3n) is 2.66. The molecule has 0 unspecified atom stereocenters. The van der Waals surface area contributed by atoms with Gasteiger partial charge in [0, 0.05) is 11.9 Å². The molecule has 0 aliphatic heterocycles. The van der Waals surface area contributed by atoms with Crippen LogP contribution in [0.2, 0.25) is 0 Å². The van der Waals surface area contributed by atoms with Crippen LogP contribution in [0.4, 0.5) is 8.78 Å². The molecule has 0 aliphatic rings. The number of thiazole rings is 1. The van der Waals surface area contributed by atoms with Gasteiger partial charge in [0.15, 0.2) is 17.4 Å².